The largest absolute Gasteiger partial charge is 0.573 e. The van der Waals surface area contributed by atoms with Gasteiger partial charge in [-0.1, -0.05) is 0 Å². The Hall–Kier alpha value is -2.72. The molecule has 0 bridgehead atoms. The minimum Gasteiger partial charge on any atom is -0.457 e. The lowest BCUT2D eigenvalue weighted by molar-refractivity contribution is -0.274. The Morgan fingerprint density at radius 1 is 1.03 bits per heavy atom. The highest BCUT2D eigenvalue weighted by atomic mass is 32.2. The van der Waals surface area contributed by atoms with Gasteiger partial charge in [0.05, 0.1) is 11.5 Å². The van der Waals surface area contributed by atoms with Crippen LogP contribution >= 0.6 is 7.82 Å². The van der Waals surface area contributed by atoms with E-state index in [1.165, 1.54) is 43.5 Å². The number of hydrogen-bond acceptors (Lipinski definition) is 9. The summed E-state index contributed by atoms with van der Waals surface area (Å²) in [6.07, 6.45) is -5.24. The van der Waals surface area contributed by atoms with E-state index in [1.54, 1.807) is 5.48 Å². The standard InChI is InChI=1S/C22H26F3N2O10PS/c1-34-15-14-27-12-10-21(11-13-27,20(28)26-37-38(29,30)31)39(32,33)19-8-6-17(7-9-19)35-16-2-4-18(5-3-16)36-22(23,24)25/h2-9H,10-15H2,1H3,(H,26,28)(H2,29,30,31). The first-order valence-electron chi connectivity index (χ1n) is 11.3. The molecule has 216 valence electrons. The summed E-state index contributed by atoms with van der Waals surface area (Å²) < 4.78 is 91.8. The fraction of sp³-hybridized carbons (Fsp3) is 0.409. The van der Waals surface area contributed by atoms with E-state index in [-0.39, 0.29) is 42.3 Å². The average Bonchev–Trinajstić information content (AvgIpc) is 2.86. The summed E-state index contributed by atoms with van der Waals surface area (Å²) in [5.74, 6) is -1.38. The summed E-state index contributed by atoms with van der Waals surface area (Å²) in [5, 5.41) is 0. The minimum absolute atomic E-state index is 0.147. The fourth-order valence-corrected chi connectivity index (χ4v) is 6.08. The monoisotopic (exact) mass is 598 g/mol. The molecule has 1 aliphatic heterocycles. The number of benzene rings is 2. The predicted octanol–water partition coefficient (Wildman–Crippen LogP) is 2.77. The number of carbonyl (C=O) groups excluding carboxylic acids is 1. The molecular formula is C22H26F3N2O10PS. The van der Waals surface area contributed by atoms with Crippen molar-refractivity contribution in [3.63, 3.8) is 0 Å². The number of likely N-dealkylation sites (tertiary alicyclic amines) is 1. The number of hydrogen-bond donors (Lipinski definition) is 3. The summed E-state index contributed by atoms with van der Waals surface area (Å²) in [5.41, 5.74) is 1.60. The molecule has 0 spiro atoms. The molecule has 1 aliphatic rings. The second kappa shape index (κ2) is 12.2. The van der Waals surface area contributed by atoms with E-state index in [9.17, 15) is 30.9 Å². The van der Waals surface area contributed by atoms with Crippen LogP contribution in [0.15, 0.2) is 53.4 Å². The number of nitrogens with one attached hydrogen (secondary N) is 1. The first-order valence-corrected chi connectivity index (χ1v) is 14.3. The molecular weight excluding hydrogens is 572 g/mol. The molecule has 39 heavy (non-hydrogen) atoms. The molecule has 0 saturated carbocycles. The lowest BCUT2D eigenvalue weighted by Gasteiger charge is -2.39. The molecule has 0 radical (unpaired) electrons. The van der Waals surface area contributed by atoms with Crippen LogP contribution in [0.5, 0.6) is 17.2 Å². The summed E-state index contributed by atoms with van der Waals surface area (Å²) in [6.45, 7) is 1.23. The topological polar surface area (TPSA) is 161 Å². The number of nitrogens with zero attached hydrogens (tertiary/aromatic N) is 1. The summed E-state index contributed by atoms with van der Waals surface area (Å²) in [7, 11) is -8.06. The van der Waals surface area contributed by atoms with Gasteiger partial charge in [-0.3, -0.25) is 4.79 Å². The molecule has 17 heteroatoms. The number of hydroxylamine groups is 1. The second-order valence-corrected chi connectivity index (χ2v) is 11.9. The van der Waals surface area contributed by atoms with Crippen LogP contribution in [-0.4, -0.2) is 73.5 Å². The zero-order valence-electron chi connectivity index (χ0n) is 20.5. The van der Waals surface area contributed by atoms with Crippen molar-refractivity contribution in [2.24, 2.45) is 0 Å². The van der Waals surface area contributed by atoms with E-state index >= 15 is 0 Å². The minimum atomic E-state index is -5.14. The number of amides is 1. The number of ether oxygens (including phenoxy) is 3. The Balaban J connectivity index is 1.81. The lowest BCUT2D eigenvalue weighted by Crippen LogP contribution is -2.58. The number of rotatable bonds is 11. The molecule has 2 aromatic rings. The van der Waals surface area contributed by atoms with Gasteiger partial charge < -0.3 is 28.9 Å². The van der Waals surface area contributed by atoms with Crippen LogP contribution in [-0.2, 0) is 28.6 Å². The number of alkyl halides is 3. The zero-order chi connectivity index (χ0) is 28.9. The third kappa shape index (κ3) is 8.14. The molecule has 0 aromatic heterocycles. The van der Waals surface area contributed by atoms with Crippen LogP contribution in [0.25, 0.3) is 0 Å². The van der Waals surface area contributed by atoms with E-state index in [2.05, 4.69) is 9.36 Å². The van der Waals surface area contributed by atoms with Crippen LogP contribution in [0.1, 0.15) is 12.8 Å². The molecule has 0 unspecified atom stereocenters. The quantitative estimate of drug-likeness (QED) is 0.258. The van der Waals surface area contributed by atoms with Crippen LogP contribution in [0.4, 0.5) is 13.2 Å². The van der Waals surface area contributed by atoms with Crippen LogP contribution in [0, 0.1) is 0 Å². The maximum Gasteiger partial charge on any atom is 0.573 e. The third-order valence-corrected chi connectivity index (χ3v) is 8.73. The van der Waals surface area contributed by atoms with Crippen molar-refractivity contribution in [3.05, 3.63) is 48.5 Å². The Bertz CT molecular complexity index is 1280. The highest BCUT2D eigenvalue weighted by molar-refractivity contribution is 7.93. The van der Waals surface area contributed by atoms with Gasteiger partial charge in [0, 0.05) is 26.7 Å². The van der Waals surface area contributed by atoms with E-state index in [0.29, 0.717) is 13.2 Å². The van der Waals surface area contributed by atoms with Crippen molar-refractivity contribution in [2.45, 2.75) is 28.8 Å². The SMILES string of the molecule is COCCN1CCC(C(=O)NOP(=O)(O)O)(S(=O)(=O)c2ccc(Oc3ccc(OC(F)(F)F)cc3)cc2)CC1. The predicted molar refractivity (Wildman–Crippen MR) is 128 cm³/mol. The highest BCUT2D eigenvalue weighted by Crippen LogP contribution is 2.39. The maximum atomic E-state index is 13.7. The van der Waals surface area contributed by atoms with Crippen molar-refractivity contribution >= 4 is 23.6 Å². The number of halogens is 3. The van der Waals surface area contributed by atoms with Gasteiger partial charge in [-0.2, -0.15) is 4.62 Å². The number of sulfone groups is 1. The second-order valence-electron chi connectivity index (χ2n) is 8.44. The van der Waals surface area contributed by atoms with Crippen LogP contribution < -0.4 is 15.0 Å². The molecule has 2 aromatic carbocycles. The molecule has 3 rings (SSSR count). The van der Waals surface area contributed by atoms with Gasteiger partial charge in [-0.15, -0.1) is 13.2 Å². The van der Waals surface area contributed by atoms with E-state index in [4.69, 9.17) is 19.3 Å². The Labute approximate surface area is 221 Å². The number of carbonyl (C=O) groups is 1. The Morgan fingerprint density at radius 3 is 2.03 bits per heavy atom. The Morgan fingerprint density at radius 2 is 1.54 bits per heavy atom. The summed E-state index contributed by atoms with van der Waals surface area (Å²) in [4.78, 5) is 32.6. The van der Waals surface area contributed by atoms with Crippen molar-refractivity contribution in [2.75, 3.05) is 33.4 Å². The molecule has 12 nitrogen and oxygen atoms in total. The van der Waals surface area contributed by atoms with Crippen molar-refractivity contribution in [1.82, 2.24) is 10.4 Å². The van der Waals surface area contributed by atoms with Crippen LogP contribution in [0.2, 0.25) is 0 Å². The first-order chi connectivity index (χ1) is 18.1. The number of methoxy groups -OCH3 is 1. The van der Waals surface area contributed by atoms with E-state index in [0.717, 1.165) is 12.1 Å². The van der Waals surface area contributed by atoms with E-state index < -0.39 is 40.4 Å². The van der Waals surface area contributed by atoms with Crippen molar-refractivity contribution in [3.8, 4) is 17.2 Å². The first kappa shape index (κ1) is 30.8. The molecule has 1 saturated heterocycles. The van der Waals surface area contributed by atoms with Crippen LogP contribution in [0.3, 0.4) is 0 Å². The maximum absolute atomic E-state index is 13.7. The zero-order valence-corrected chi connectivity index (χ0v) is 22.2. The van der Waals surface area contributed by atoms with Gasteiger partial charge in [0.1, 0.15) is 17.2 Å². The average molecular weight is 598 g/mol. The van der Waals surface area contributed by atoms with Gasteiger partial charge >= 0.3 is 14.2 Å². The molecule has 1 fully saturated rings. The van der Waals surface area contributed by atoms with Crippen molar-refractivity contribution < 1.29 is 59.6 Å². The molecule has 0 atom stereocenters. The molecule has 1 heterocycles. The van der Waals surface area contributed by atoms with Gasteiger partial charge in [-0.05, 0) is 61.4 Å². The van der Waals surface area contributed by atoms with Gasteiger partial charge in [0.15, 0.2) is 14.6 Å². The number of phosphoric acid groups is 1. The highest BCUT2D eigenvalue weighted by Gasteiger charge is 2.53. The van der Waals surface area contributed by atoms with Gasteiger partial charge in [-0.25, -0.2) is 18.5 Å². The lowest BCUT2D eigenvalue weighted by atomic mass is 9.95. The summed E-state index contributed by atoms with van der Waals surface area (Å²) in [6, 6.07) is 9.49. The van der Waals surface area contributed by atoms with Crippen molar-refractivity contribution in [1.29, 1.82) is 0 Å². The van der Waals surface area contributed by atoms with Gasteiger partial charge in [0.25, 0.3) is 5.91 Å². The molecule has 1 amide bonds. The normalized spacial score (nSPS) is 16.5. The number of piperidine rings is 1. The van der Waals surface area contributed by atoms with E-state index in [1.807, 2.05) is 4.90 Å². The fourth-order valence-electron chi connectivity index (χ4n) is 3.93. The third-order valence-electron chi connectivity index (χ3n) is 5.89. The summed E-state index contributed by atoms with van der Waals surface area (Å²) >= 11 is 0. The Kier molecular flexibility index (Phi) is 9.64. The smallest absolute Gasteiger partial charge is 0.457 e. The molecule has 0 aliphatic carbocycles. The molecule has 3 N–H and O–H groups in total. The van der Waals surface area contributed by atoms with Gasteiger partial charge in [0.2, 0.25) is 0 Å².